The molecule has 5 heteroatoms. The molecule has 0 aromatic heterocycles. The van der Waals surface area contributed by atoms with Crippen LogP contribution in [0.1, 0.15) is 13.3 Å². The highest BCUT2D eigenvalue weighted by Gasteiger charge is 2.41. The van der Waals surface area contributed by atoms with Gasteiger partial charge in [-0.05, 0) is 6.42 Å². The summed E-state index contributed by atoms with van der Waals surface area (Å²) in [6.07, 6.45) is -6.10. The van der Waals surface area contributed by atoms with Gasteiger partial charge in [-0.1, -0.05) is 13.5 Å². The molecular formula is C7H9F3O2. The van der Waals surface area contributed by atoms with E-state index in [1.807, 2.05) is 0 Å². The number of carbonyl (C=O) groups is 1. The fourth-order valence-electron chi connectivity index (χ4n) is 0.570. The van der Waals surface area contributed by atoms with Crippen LogP contribution in [0.5, 0.6) is 0 Å². The van der Waals surface area contributed by atoms with Gasteiger partial charge in [0.2, 0.25) is 0 Å². The lowest BCUT2D eigenvalue weighted by atomic mass is 10.3. The predicted molar refractivity (Wildman–Crippen MR) is 36.4 cm³/mol. The summed E-state index contributed by atoms with van der Waals surface area (Å²) >= 11 is 0. The van der Waals surface area contributed by atoms with Gasteiger partial charge >= 0.3 is 12.1 Å². The predicted octanol–water partition coefficient (Wildman–Crippen LogP) is 2.06. The SMILES string of the molecule is C=CC(=O)OC(CC)C(F)(F)F. The van der Waals surface area contributed by atoms with Gasteiger partial charge < -0.3 is 4.74 Å². The fraction of sp³-hybridized carbons (Fsp3) is 0.571. The number of ether oxygens (including phenoxy) is 1. The maximum Gasteiger partial charge on any atom is 0.425 e. The van der Waals surface area contributed by atoms with E-state index in [9.17, 15) is 18.0 Å². The van der Waals surface area contributed by atoms with Crippen LogP contribution in [-0.4, -0.2) is 18.2 Å². The third-order valence-corrected chi connectivity index (χ3v) is 1.16. The van der Waals surface area contributed by atoms with E-state index in [1.54, 1.807) is 0 Å². The smallest absolute Gasteiger partial charge is 0.425 e. The Kier molecular flexibility index (Phi) is 3.79. The molecule has 0 radical (unpaired) electrons. The second kappa shape index (κ2) is 4.13. The quantitative estimate of drug-likeness (QED) is 0.493. The molecule has 1 atom stereocenters. The zero-order chi connectivity index (χ0) is 9.78. The largest absolute Gasteiger partial charge is 0.450 e. The molecular weight excluding hydrogens is 173 g/mol. The molecule has 0 aliphatic carbocycles. The van der Waals surface area contributed by atoms with Gasteiger partial charge in [0.1, 0.15) is 0 Å². The first-order chi connectivity index (χ1) is 5.41. The van der Waals surface area contributed by atoms with E-state index in [2.05, 4.69) is 11.3 Å². The Morgan fingerprint density at radius 1 is 1.67 bits per heavy atom. The zero-order valence-electron chi connectivity index (χ0n) is 6.52. The number of alkyl halides is 3. The Bertz CT molecular complexity index is 174. The van der Waals surface area contributed by atoms with E-state index >= 15 is 0 Å². The highest BCUT2D eigenvalue weighted by atomic mass is 19.4. The third-order valence-electron chi connectivity index (χ3n) is 1.16. The number of hydrogen-bond donors (Lipinski definition) is 0. The molecule has 1 unspecified atom stereocenters. The van der Waals surface area contributed by atoms with Crippen molar-refractivity contribution in [2.75, 3.05) is 0 Å². The minimum absolute atomic E-state index is 0.289. The van der Waals surface area contributed by atoms with Crippen molar-refractivity contribution in [3.8, 4) is 0 Å². The summed E-state index contributed by atoms with van der Waals surface area (Å²) in [5.41, 5.74) is 0. The van der Waals surface area contributed by atoms with Crippen molar-refractivity contribution in [2.24, 2.45) is 0 Å². The molecule has 0 aliphatic rings. The van der Waals surface area contributed by atoms with Gasteiger partial charge in [-0.25, -0.2) is 4.79 Å². The molecule has 0 rings (SSSR count). The van der Waals surface area contributed by atoms with Crippen molar-refractivity contribution in [1.29, 1.82) is 0 Å². The zero-order valence-corrected chi connectivity index (χ0v) is 6.52. The lowest BCUT2D eigenvalue weighted by Crippen LogP contribution is -2.32. The van der Waals surface area contributed by atoms with E-state index in [0.717, 1.165) is 0 Å². The molecule has 0 bridgehead atoms. The maximum atomic E-state index is 11.9. The Balaban J connectivity index is 4.18. The monoisotopic (exact) mass is 182 g/mol. The van der Waals surface area contributed by atoms with Crippen LogP contribution in [0.4, 0.5) is 13.2 Å². The summed E-state index contributed by atoms with van der Waals surface area (Å²) in [4.78, 5) is 10.4. The number of rotatable bonds is 3. The highest BCUT2D eigenvalue weighted by molar-refractivity contribution is 5.81. The minimum atomic E-state index is -4.49. The molecule has 0 heterocycles. The first-order valence-corrected chi connectivity index (χ1v) is 3.31. The molecule has 0 aromatic carbocycles. The van der Waals surface area contributed by atoms with Crippen LogP contribution >= 0.6 is 0 Å². The summed E-state index contributed by atoms with van der Waals surface area (Å²) < 4.78 is 39.7. The third kappa shape index (κ3) is 3.41. The maximum absolute atomic E-state index is 11.9. The molecule has 0 aromatic rings. The van der Waals surface area contributed by atoms with Gasteiger partial charge in [0.25, 0.3) is 0 Å². The first kappa shape index (κ1) is 11.0. The summed E-state index contributed by atoms with van der Waals surface area (Å²) in [6.45, 7) is 4.27. The van der Waals surface area contributed by atoms with Gasteiger partial charge in [-0.15, -0.1) is 0 Å². The van der Waals surface area contributed by atoms with Crippen molar-refractivity contribution >= 4 is 5.97 Å². The van der Waals surface area contributed by atoms with E-state index in [4.69, 9.17) is 0 Å². The molecule has 0 aliphatic heterocycles. The van der Waals surface area contributed by atoms with Gasteiger partial charge in [-0.3, -0.25) is 0 Å². The second-order valence-electron chi connectivity index (χ2n) is 2.08. The van der Waals surface area contributed by atoms with Crippen molar-refractivity contribution in [2.45, 2.75) is 25.6 Å². The van der Waals surface area contributed by atoms with E-state index in [1.165, 1.54) is 6.92 Å². The van der Waals surface area contributed by atoms with Crippen molar-refractivity contribution in [1.82, 2.24) is 0 Å². The second-order valence-corrected chi connectivity index (χ2v) is 2.08. The lowest BCUT2D eigenvalue weighted by molar-refractivity contribution is -0.218. The van der Waals surface area contributed by atoms with Crippen LogP contribution in [0.15, 0.2) is 12.7 Å². The molecule has 70 valence electrons. The number of hydrogen-bond acceptors (Lipinski definition) is 2. The molecule has 0 spiro atoms. The molecule has 2 nitrogen and oxygen atoms in total. The standard InChI is InChI=1S/C7H9F3O2/c1-3-5(7(8,9)10)12-6(11)4-2/h4-5H,2-3H2,1H3. The van der Waals surface area contributed by atoms with Gasteiger partial charge in [-0.2, -0.15) is 13.2 Å². The number of carbonyl (C=O) groups excluding carboxylic acids is 1. The van der Waals surface area contributed by atoms with Gasteiger partial charge in [0.15, 0.2) is 6.10 Å². The summed E-state index contributed by atoms with van der Waals surface area (Å²) in [5.74, 6) is -1.06. The van der Waals surface area contributed by atoms with Crippen molar-refractivity contribution in [3.05, 3.63) is 12.7 Å². The topological polar surface area (TPSA) is 26.3 Å². The van der Waals surface area contributed by atoms with Crippen LogP contribution in [0, 0.1) is 0 Å². The van der Waals surface area contributed by atoms with Crippen molar-refractivity contribution < 1.29 is 22.7 Å². The van der Waals surface area contributed by atoms with Crippen LogP contribution in [-0.2, 0) is 9.53 Å². The van der Waals surface area contributed by atoms with Crippen molar-refractivity contribution in [3.63, 3.8) is 0 Å². The lowest BCUT2D eigenvalue weighted by Gasteiger charge is -2.17. The Morgan fingerprint density at radius 3 is 2.42 bits per heavy atom. The molecule has 12 heavy (non-hydrogen) atoms. The van der Waals surface area contributed by atoms with E-state index < -0.39 is 18.2 Å². The fourth-order valence-corrected chi connectivity index (χ4v) is 0.570. The van der Waals surface area contributed by atoms with Crippen LogP contribution in [0.25, 0.3) is 0 Å². The Morgan fingerprint density at radius 2 is 2.17 bits per heavy atom. The summed E-state index contributed by atoms with van der Waals surface area (Å²) in [5, 5.41) is 0. The van der Waals surface area contributed by atoms with Crippen LogP contribution < -0.4 is 0 Å². The average molecular weight is 182 g/mol. The average Bonchev–Trinajstić information content (AvgIpc) is 1.97. The first-order valence-electron chi connectivity index (χ1n) is 3.31. The van der Waals surface area contributed by atoms with E-state index in [0.29, 0.717) is 6.08 Å². The van der Waals surface area contributed by atoms with Crippen LogP contribution in [0.2, 0.25) is 0 Å². The summed E-state index contributed by atoms with van der Waals surface area (Å²) in [7, 11) is 0. The van der Waals surface area contributed by atoms with Gasteiger partial charge in [0, 0.05) is 6.08 Å². The van der Waals surface area contributed by atoms with Gasteiger partial charge in [0.05, 0.1) is 0 Å². The minimum Gasteiger partial charge on any atom is -0.450 e. The molecule has 0 saturated carbocycles. The summed E-state index contributed by atoms with van der Waals surface area (Å²) in [6, 6.07) is 0. The molecule has 0 N–H and O–H groups in total. The molecule has 0 fully saturated rings. The Labute approximate surface area is 68.0 Å². The number of halogens is 3. The normalized spacial score (nSPS) is 13.7. The Hall–Kier alpha value is -1.00. The number of esters is 1. The van der Waals surface area contributed by atoms with Crippen LogP contribution in [0.3, 0.4) is 0 Å². The molecule has 0 amide bonds. The molecule has 0 saturated heterocycles. The highest BCUT2D eigenvalue weighted by Crippen LogP contribution is 2.25. The van der Waals surface area contributed by atoms with E-state index in [-0.39, 0.29) is 6.42 Å².